The van der Waals surface area contributed by atoms with Gasteiger partial charge in [-0.15, -0.1) is 0 Å². The van der Waals surface area contributed by atoms with Crippen molar-refractivity contribution in [2.45, 2.75) is 12.8 Å². The van der Waals surface area contributed by atoms with Crippen LogP contribution in [-0.2, 0) is 9.59 Å². The predicted molar refractivity (Wildman–Crippen MR) is 98.1 cm³/mol. The van der Waals surface area contributed by atoms with Gasteiger partial charge in [0.15, 0.2) is 0 Å². The molecule has 0 aliphatic heterocycles. The number of nitrogens with one attached hydrogen (secondary N) is 2. The van der Waals surface area contributed by atoms with Gasteiger partial charge in [-0.1, -0.05) is 35.9 Å². The molecule has 0 heterocycles. The molecule has 0 saturated carbocycles. The van der Waals surface area contributed by atoms with Crippen LogP contribution in [0.1, 0.15) is 18.4 Å². The minimum atomic E-state index is -0.539. The zero-order valence-corrected chi connectivity index (χ0v) is 14.3. The van der Waals surface area contributed by atoms with E-state index in [9.17, 15) is 19.7 Å². The first-order valence-corrected chi connectivity index (χ1v) is 7.95. The molecule has 0 unspecified atom stereocenters. The first kappa shape index (κ1) is 19.1. The number of hydrazone groups is 1. The quantitative estimate of drug-likeness (QED) is 0.440. The third-order valence-corrected chi connectivity index (χ3v) is 3.58. The van der Waals surface area contributed by atoms with E-state index in [1.54, 1.807) is 30.3 Å². The molecule has 0 spiro atoms. The van der Waals surface area contributed by atoms with Gasteiger partial charge < -0.3 is 5.32 Å². The molecular formula is C17H15ClN4O4. The highest BCUT2D eigenvalue weighted by Gasteiger charge is 2.11. The Morgan fingerprint density at radius 2 is 1.73 bits per heavy atom. The van der Waals surface area contributed by atoms with Crippen molar-refractivity contribution in [3.8, 4) is 0 Å². The molecule has 9 heteroatoms. The summed E-state index contributed by atoms with van der Waals surface area (Å²) in [4.78, 5) is 33.9. The minimum absolute atomic E-state index is 0.0575. The molecule has 0 aliphatic carbocycles. The fourth-order valence-electron chi connectivity index (χ4n) is 2.00. The standard InChI is InChI=1S/C17H15ClN4O4/c18-13-6-2-3-7-14(13)20-16(23)9-10-17(24)21-19-11-12-5-1-4-8-15(12)22(25)26/h1-8,11H,9-10H2,(H,20,23)(H,21,24). The number of benzene rings is 2. The Kier molecular flexibility index (Phi) is 6.81. The lowest BCUT2D eigenvalue weighted by Gasteiger charge is -2.06. The number of hydrogen-bond donors (Lipinski definition) is 2. The van der Waals surface area contributed by atoms with Crippen molar-refractivity contribution in [2.24, 2.45) is 5.10 Å². The predicted octanol–water partition coefficient (Wildman–Crippen LogP) is 3.12. The maximum Gasteiger partial charge on any atom is 0.278 e. The number of amides is 2. The van der Waals surface area contributed by atoms with Gasteiger partial charge in [-0.2, -0.15) is 5.10 Å². The summed E-state index contributed by atoms with van der Waals surface area (Å²) < 4.78 is 0. The summed E-state index contributed by atoms with van der Waals surface area (Å²) in [6.07, 6.45) is 1.03. The molecule has 8 nitrogen and oxygen atoms in total. The van der Waals surface area contributed by atoms with Crippen LogP contribution in [-0.4, -0.2) is 23.0 Å². The molecular weight excluding hydrogens is 360 g/mol. The zero-order valence-electron chi connectivity index (χ0n) is 13.5. The highest BCUT2D eigenvalue weighted by atomic mass is 35.5. The molecule has 0 fully saturated rings. The summed E-state index contributed by atoms with van der Waals surface area (Å²) in [5, 5.41) is 17.6. The molecule has 2 aromatic carbocycles. The summed E-state index contributed by atoms with van der Waals surface area (Å²) in [5.41, 5.74) is 2.83. The van der Waals surface area contributed by atoms with Crippen molar-refractivity contribution in [1.82, 2.24) is 5.43 Å². The van der Waals surface area contributed by atoms with Crippen LogP contribution in [0.15, 0.2) is 53.6 Å². The Morgan fingerprint density at radius 3 is 2.46 bits per heavy atom. The molecule has 0 atom stereocenters. The van der Waals surface area contributed by atoms with Crippen LogP contribution < -0.4 is 10.7 Å². The molecule has 0 aliphatic rings. The Balaban J connectivity index is 1.81. The Bertz CT molecular complexity index is 854. The van der Waals surface area contributed by atoms with Gasteiger partial charge in [0.25, 0.3) is 5.69 Å². The van der Waals surface area contributed by atoms with Gasteiger partial charge in [-0.25, -0.2) is 5.43 Å². The summed E-state index contributed by atoms with van der Waals surface area (Å²) in [7, 11) is 0. The molecule has 2 rings (SSSR count). The second-order valence-electron chi connectivity index (χ2n) is 5.14. The molecule has 2 amide bonds. The van der Waals surface area contributed by atoms with Crippen LogP contribution >= 0.6 is 11.6 Å². The third-order valence-electron chi connectivity index (χ3n) is 3.25. The van der Waals surface area contributed by atoms with Crippen LogP contribution in [0.4, 0.5) is 11.4 Å². The fraction of sp³-hybridized carbons (Fsp3) is 0.118. The van der Waals surface area contributed by atoms with Gasteiger partial charge in [0.05, 0.1) is 27.4 Å². The van der Waals surface area contributed by atoms with Crippen LogP contribution in [0.2, 0.25) is 5.02 Å². The lowest BCUT2D eigenvalue weighted by molar-refractivity contribution is -0.385. The lowest BCUT2D eigenvalue weighted by atomic mass is 10.2. The van der Waals surface area contributed by atoms with E-state index in [2.05, 4.69) is 15.8 Å². The van der Waals surface area contributed by atoms with E-state index in [0.29, 0.717) is 10.7 Å². The number of anilines is 1. The van der Waals surface area contributed by atoms with Gasteiger partial charge in [0.2, 0.25) is 11.8 Å². The molecule has 0 saturated heterocycles. The number of nitro benzene ring substituents is 1. The number of nitrogens with zero attached hydrogens (tertiary/aromatic N) is 2. The molecule has 2 aromatic rings. The zero-order chi connectivity index (χ0) is 18.9. The highest BCUT2D eigenvalue weighted by molar-refractivity contribution is 6.33. The molecule has 2 N–H and O–H groups in total. The van der Waals surface area contributed by atoms with Crippen molar-refractivity contribution in [1.29, 1.82) is 0 Å². The van der Waals surface area contributed by atoms with E-state index in [-0.39, 0.29) is 30.0 Å². The van der Waals surface area contributed by atoms with E-state index in [0.717, 1.165) is 0 Å². The Morgan fingerprint density at radius 1 is 1.08 bits per heavy atom. The number of halogens is 1. The van der Waals surface area contributed by atoms with E-state index in [1.165, 1.54) is 24.4 Å². The fourth-order valence-corrected chi connectivity index (χ4v) is 2.18. The number of hydrogen-bond acceptors (Lipinski definition) is 5. The van der Waals surface area contributed by atoms with Crippen molar-refractivity contribution >= 4 is 41.0 Å². The van der Waals surface area contributed by atoms with Gasteiger partial charge in [-0.05, 0) is 18.2 Å². The summed E-state index contributed by atoms with van der Waals surface area (Å²) in [6.45, 7) is 0. The van der Waals surface area contributed by atoms with Crippen LogP contribution in [0.25, 0.3) is 0 Å². The maximum absolute atomic E-state index is 11.8. The first-order chi connectivity index (χ1) is 12.5. The lowest BCUT2D eigenvalue weighted by Crippen LogP contribution is -2.20. The monoisotopic (exact) mass is 374 g/mol. The summed E-state index contributed by atoms with van der Waals surface area (Å²) in [5.74, 6) is -0.856. The smallest absolute Gasteiger partial charge is 0.278 e. The average Bonchev–Trinajstić information content (AvgIpc) is 2.62. The summed E-state index contributed by atoms with van der Waals surface area (Å²) in [6, 6.07) is 12.7. The number of rotatable bonds is 7. The highest BCUT2D eigenvalue weighted by Crippen LogP contribution is 2.20. The maximum atomic E-state index is 11.8. The summed E-state index contributed by atoms with van der Waals surface area (Å²) >= 11 is 5.93. The Hall–Kier alpha value is -3.26. The molecule has 0 aromatic heterocycles. The number of nitro groups is 1. The minimum Gasteiger partial charge on any atom is -0.325 e. The van der Waals surface area contributed by atoms with Gasteiger partial charge in [0, 0.05) is 18.9 Å². The second-order valence-corrected chi connectivity index (χ2v) is 5.54. The van der Waals surface area contributed by atoms with Crippen molar-refractivity contribution < 1.29 is 14.5 Å². The van der Waals surface area contributed by atoms with Gasteiger partial charge in [-0.3, -0.25) is 19.7 Å². The topological polar surface area (TPSA) is 114 Å². The largest absolute Gasteiger partial charge is 0.325 e. The third kappa shape index (κ3) is 5.67. The normalized spacial score (nSPS) is 10.5. The van der Waals surface area contributed by atoms with Gasteiger partial charge >= 0.3 is 0 Å². The van der Waals surface area contributed by atoms with Crippen molar-refractivity contribution in [2.75, 3.05) is 5.32 Å². The molecule has 134 valence electrons. The van der Waals surface area contributed by atoms with Crippen LogP contribution in [0.3, 0.4) is 0 Å². The Labute approximate surface area is 154 Å². The van der Waals surface area contributed by atoms with Crippen LogP contribution in [0, 0.1) is 10.1 Å². The van der Waals surface area contributed by atoms with Gasteiger partial charge in [0.1, 0.15) is 0 Å². The average molecular weight is 375 g/mol. The number of carbonyl (C=O) groups is 2. The van der Waals surface area contributed by atoms with Crippen LogP contribution in [0.5, 0.6) is 0 Å². The van der Waals surface area contributed by atoms with E-state index < -0.39 is 10.8 Å². The van der Waals surface area contributed by atoms with Crippen molar-refractivity contribution in [3.05, 3.63) is 69.2 Å². The van der Waals surface area contributed by atoms with E-state index >= 15 is 0 Å². The molecule has 0 radical (unpaired) electrons. The van der Waals surface area contributed by atoms with E-state index in [1.807, 2.05) is 0 Å². The van der Waals surface area contributed by atoms with Crippen molar-refractivity contribution in [3.63, 3.8) is 0 Å². The SMILES string of the molecule is O=C(CCC(=O)Nc1ccccc1Cl)NN=Cc1ccccc1[N+](=O)[O-]. The molecule has 0 bridgehead atoms. The number of carbonyl (C=O) groups excluding carboxylic acids is 2. The number of para-hydroxylation sites is 2. The molecule has 26 heavy (non-hydrogen) atoms. The van der Waals surface area contributed by atoms with E-state index in [4.69, 9.17) is 11.6 Å². The second kappa shape index (κ2) is 9.28. The first-order valence-electron chi connectivity index (χ1n) is 7.57.